The van der Waals surface area contributed by atoms with Gasteiger partial charge in [-0.05, 0) is 12.8 Å². The van der Waals surface area contributed by atoms with E-state index < -0.39 is 0 Å². The SMILES string of the molecule is CCCCCCC(CO)C(O)CCCC. The minimum Gasteiger partial charge on any atom is -0.396 e. The van der Waals surface area contributed by atoms with E-state index in [1.165, 1.54) is 19.3 Å². The average molecular weight is 216 g/mol. The van der Waals surface area contributed by atoms with Crippen LogP contribution in [-0.2, 0) is 0 Å². The van der Waals surface area contributed by atoms with Crippen molar-refractivity contribution in [2.75, 3.05) is 6.61 Å². The third-order valence-electron chi connectivity index (χ3n) is 3.06. The molecule has 0 fully saturated rings. The molecule has 2 unspecified atom stereocenters. The van der Waals surface area contributed by atoms with Crippen LogP contribution in [0.25, 0.3) is 0 Å². The molecule has 2 heteroatoms. The van der Waals surface area contributed by atoms with E-state index in [9.17, 15) is 10.2 Å². The van der Waals surface area contributed by atoms with E-state index in [4.69, 9.17) is 0 Å². The van der Waals surface area contributed by atoms with Gasteiger partial charge in [0.15, 0.2) is 0 Å². The Labute approximate surface area is 94.7 Å². The smallest absolute Gasteiger partial charge is 0.0590 e. The highest BCUT2D eigenvalue weighted by atomic mass is 16.3. The van der Waals surface area contributed by atoms with Crippen LogP contribution in [0.1, 0.15) is 65.2 Å². The van der Waals surface area contributed by atoms with E-state index in [1.54, 1.807) is 0 Å². The van der Waals surface area contributed by atoms with E-state index in [0.29, 0.717) is 0 Å². The maximum absolute atomic E-state index is 9.84. The average Bonchev–Trinajstić information content (AvgIpc) is 2.26. The van der Waals surface area contributed by atoms with Crippen molar-refractivity contribution in [1.29, 1.82) is 0 Å². The molecule has 0 rings (SSSR count). The first kappa shape index (κ1) is 14.9. The van der Waals surface area contributed by atoms with Crippen molar-refractivity contribution in [2.24, 2.45) is 5.92 Å². The summed E-state index contributed by atoms with van der Waals surface area (Å²) in [6.07, 6.45) is 8.58. The van der Waals surface area contributed by atoms with Gasteiger partial charge in [0.1, 0.15) is 0 Å². The van der Waals surface area contributed by atoms with Crippen LogP contribution in [0.4, 0.5) is 0 Å². The van der Waals surface area contributed by atoms with Gasteiger partial charge in [-0.15, -0.1) is 0 Å². The van der Waals surface area contributed by atoms with Crippen LogP contribution in [0, 0.1) is 5.92 Å². The molecule has 0 saturated carbocycles. The predicted molar refractivity (Wildman–Crippen MR) is 64.9 cm³/mol. The van der Waals surface area contributed by atoms with Crippen LogP contribution in [0.5, 0.6) is 0 Å². The first-order chi connectivity index (χ1) is 7.26. The number of hydrogen-bond acceptors (Lipinski definition) is 2. The number of aliphatic hydroxyl groups excluding tert-OH is 2. The number of hydrogen-bond donors (Lipinski definition) is 2. The molecule has 0 bridgehead atoms. The van der Waals surface area contributed by atoms with Crippen molar-refractivity contribution in [3.05, 3.63) is 0 Å². The monoisotopic (exact) mass is 216 g/mol. The highest BCUT2D eigenvalue weighted by Gasteiger charge is 2.16. The molecule has 2 N–H and O–H groups in total. The Hall–Kier alpha value is -0.0800. The Balaban J connectivity index is 3.60. The summed E-state index contributed by atoms with van der Waals surface area (Å²) < 4.78 is 0. The molecule has 2 atom stereocenters. The van der Waals surface area contributed by atoms with E-state index in [1.807, 2.05) is 0 Å². The molecule has 0 aromatic carbocycles. The molecular formula is C13H28O2. The second kappa shape index (κ2) is 10.4. The van der Waals surface area contributed by atoms with Gasteiger partial charge in [0.2, 0.25) is 0 Å². The van der Waals surface area contributed by atoms with Crippen molar-refractivity contribution >= 4 is 0 Å². The molecular weight excluding hydrogens is 188 g/mol. The van der Waals surface area contributed by atoms with Crippen molar-refractivity contribution in [1.82, 2.24) is 0 Å². The van der Waals surface area contributed by atoms with Gasteiger partial charge in [0.25, 0.3) is 0 Å². The van der Waals surface area contributed by atoms with E-state index in [-0.39, 0.29) is 18.6 Å². The second-order valence-corrected chi connectivity index (χ2v) is 4.50. The van der Waals surface area contributed by atoms with E-state index in [0.717, 1.165) is 32.1 Å². The molecule has 0 aromatic heterocycles. The lowest BCUT2D eigenvalue weighted by molar-refractivity contribution is 0.0532. The summed E-state index contributed by atoms with van der Waals surface area (Å²) in [5, 5.41) is 19.0. The van der Waals surface area contributed by atoms with Crippen molar-refractivity contribution in [3.8, 4) is 0 Å². The molecule has 0 aliphatic heterocycles. The largest absolute Gasteiger partial charge is 0.396 e. The summed E-state index contributed by atoms with van der Waals surface area (Å²) in [5.41, 5.74) is 0. The summed E-state index contributed by atoms with van der Waals surface area (Å²) >= 11 is 0. The minimum absolute atomic E-state index is 0.105. The molecule has 0 amide bonds. The maximum atomic E-state index is 9.84. The highest BCUT2D eigenvalue weighted by Crippen LogP contribution is 2.18. The van der Waals surface area contributed by atoms with E-state index in [2.05, 4.69) is 13.8 Å². The number of rotatable bonds is 10. The van der Waals surface area contributed by atoms with Crippen LogP contribution in [0.3, 0.4) is 0 Å². The fraction of sp³-hybridized carbons (Fsp3) is 1.00. The van der Waals surface area contributed by atoms with Crippen molar-refractivity contribution in [2.45, 2.75) is 71.3 Å². The molecule has 0 radical (unpaired) electrons. The summed E-state index contributed by atoms with van der Waals surface area (Å²) in [4.78, 5) is 0. The van der Waals surface area contributed by atoms with Gasteiger partial charge >= 0.3 is 0 Å². The molecule has 0 heterocycles. The van der Waals surface area contributed by atoms with Gasteiger partial charge in [-0.1, -0.05) is 52.4 Å². The van der Waals surface area contributed by atoms with Crippen LogP contribution in [-0.4, -0.2) is 22.9 Å². The lowest BCUT2D eigenvalue weighted by Crippen LogP contribution is -2.23. The highest BCUT2D eigenvalue weighted by molar-refractivity contribution is 4.68. The lowest BCUT2D eigenvalue weighted by Gasteiger charge is -2.20. The van der Waals surface area contributed by atoms with Crippen LogP contribution >= 0.6 is 0 Å². The van der Waals surface area contributed by atoms with Gasteiger partial charge in [0.05, 0.1) is 6.10 Å². The standard InChI is InChI=1S/C13H28O2/c1-3-5-7-8-9-12(11-14)13(15)10-6-4-2/h12-15H,3-11H2,1-2H3. The fourth-order valence-electron chi connectivity index (χ4n) is 1.89. The van der Waals surface area contributed by atoms with Crippen LogP contribution in [0.15, 0.2) is 0 Å². The van der Waals surface area contributed by atoms with Crippen molar-refractivity contribution < 1.29 is 10.2 Å². The number of unbranched alkanes of at least 4 members (excludes halogenated alkanes) is 4. The first-order valence-corrected chi connectivity index (χ1v) is 6.55. The van der Waals surface area contributed by atoms with Crippen LogP contribution in [0.2, 0.25) is 0 Å². The summed E-state index contributed by atoms with van der Waals surface area (Å²) in [6, 6.07) is 0. The third-order valence-corrected chi connectivity index (χ3v) is 3.06. The zero-order chi connectivity index (χ0) is 11.5. The molecule has 0 spiro atoms. The molecule has 0 aliphatic rings. The van der Waals surface area contributed by atoms with E-state index >= 15 is 0 Å². The quantitative estimate of drug-likeness (QED) is 0.551. The maximum Gasteiger partial charge on any atom is 0.0590 e. The zero-order valence-electron chi connectivity index (χ0n) is 10.4. The molecule has 15 heavy (non-hydrogen) atoms. The fourth-order valence-corrected chi connectivity index (χ4v) is 1.89. The predicted octanol–water partition coefficient (Wildman–Crippen LogP) is 3.12. The molecule has 2 nitrogen and oxygen atoms in total. The summed E-state index contributed by atoms with van der Waals surface area (Å²) in [6.45, 7) is 4.46. The normalized spacial score (nSPS) is 15.2. The zero-order valence-corrected chi connectivity index (χ0v) is 10.4. The number of aliphatic hydroxyl groups is 2. The Kier molecular flexibility index (Phi) is 10.4. The first-order valence-electron chi connectivity index (χ1n) is 6.55. The second-order valence-electron chi connectivity index (χ2n) is 4.50. The Morgan fingerprint density at radius 1 is 0.867 bits per heavy atom. The van der Waals surface area contributed by atoms with Crippen LogP contribution < -0.4 is 0 Å². The van der Waals surface area contributed by atoms with Gasteiger partial charge in [-0.2, -0.15) is 0 Å². The minimum atomic E-state index is -0.295. The Bertz CT molecular complexity index is 126. The van der Waals surface area contributed by atoms with Gasteiger partial charge in [0, 0.05) is 12.5 Å². The van der Waals surface area contributed by atoms with Crippen molar-refractivity contribution in [3.63, 3.8) is 0 Å². The molecule has 92 valence electrons. The topological polar surface area (TPSA) is 40.5 Å². The summed E-state index contributed by atoms with van der Waals surface area (Å²) in [5.74, 6) is 0.105. The molecule has 0 aromatic rings. The van der Waals surface area contributed by atoms with Gasteiger partial charge < -0.3 is 10.2 Å². The third kappa shape index (κ3) is 7.80. The lowest BCUT2D eigenvalue weighted by atomic mass is 9.93. The molecule has 0 aliphatic carbocycles. The summed E-state index contributed by atoms with van der Waals surface area (Å²) in [7, 11) is 0. The Morgan fingerprint density at radius 2 is 1.53 bits per heavy atom. The molecule has 0 saturated heterocycles. The Morgan fingerprint density at radius 3 is 2.07 bits per heavy atom. The van der Waals surface area contributed by atoms with Gasteiger partial charge in [-0.3, -0.25) is 0 Å². The van der Waals surface area contributed by atoms with Gasteiger partial charge in [-0.25, -0.2) is 0 Å².